The lowest BCUT2D eigenvalue weighted by molar-refractivity contribution is 0.0302. The highest BCUT2D eigenvalue weighted by Gasteiger charge is 2.43. The largest absolute Gasteiger partial charge is 0.497 e. The van der Waals surface area contributed by atoms with E-state index < -0.39 is 0 Å². The maximum Gasteiger partial charge on any atom is 0.119 e. The van der Waals surface area contributed by atoms with Gasteiger partial charge < -0.3 is 9.47 Å². The molecule has 0 radical (unpaired) electrons. The van der Waals surface area contributed by atoms with Crippen LogP contribution in [0.2, 0.25) is 0 Å². The Labute approximate surface area is 152 Å². The normalized spacial score (nSPS) is 29.3. The van der Waals surface area contributed by atoms with Crippen LogP contribution in [0.3, 0.4) is 0 Å². The monoisotopic (exact) mass is 344 g/mol. The Morgan fingerprint density at radius 2 is 2.04 bits per heavy atom. The van der Waals surface area contributed by atoms with Crippen LogP contribution >= 0.6 is 0 Å². The van der Waals surface area contributed by atoms with Crippen molar-refractivity contribution in [1.82, 2.24) is 9.80 Å². The average Bonchev–Trinajstić information content (AvgIpc) is 3.06. The van der Waals surface area contributed by atoms with Gasteiger partial charge in [0.05, 0.1) is 7.11 Å². The third-order valence-corrected chi connectivity index (χ3v) is 6.46. The minimum Gasteiger partial charge on any atom is -0.497 e. The van der Waals surface area contributed by atoms with E-state index in [4.69, 9.17) is 9.47 Å². The number of piperidine rings is 1. The molecule has 3 heterocycles. The molecule has 3 aliphatic rings. The molecule has 25 heavy (non-hydrogen) atoms. The molecule has 3 aliphatic heterocycles. The van der Waals surface area contributed by atoms with E-state index in [0.29, 0.717) is 5.41 Å². The maximum atomic E-state index is 5.55. The van der Waals surface area contributed by atoms with E-state index in [1.165, 1.54) is 63.8 Å². The van der Waals surface area contributed by atoms with Gasteiger partial charge in [-0.3, -0.25) is 9.80 Å². The van der Waals surface area contributed by atoms with E-state index in [-0.39, 0.29) is 0 Å². The van der Waals surface area contributed by atoms with Gasteiger partial charge in [0, 0.05) is 38.9 Å². The summed E-state index contributed by atoms with van der Waals surface area (Å²) in [5.74, 6) is 0.968. The second-order valence-corrected chi connectivity index (χ2v) is 8.23. The summed E-state index contributed by atoms with van der Waals surface area (Å²) in [5, 5.41) is 0. The number of likely N-dealkylation sites (tertiary alicyclic amines) is 2. The Hall–Kier alpha value is -1.10. The van der Waals surface area contributed by atoms with E-state index in [0.717, 1.165) is 31.5 Å². The predicted molar refractivity (Wildman–Crippen MR) is 100.0 cm³/mol. The highest BCUT2D eigenvalue weighted by molar-refractivity contribution is 5.28. The number of ether oxygens (including phenoxy) is 2. The molecule has 1 atom stereocenters. The van der Waals surface area contributed by atoms with Crippen molar-refractivity contribution in [3.8, 4) is 5.75 Å². The molecule has 1 spiro atoms. The van der Waals surface area contributed by atoms with Gasteiger partial charge in [-0.25, -0.2) is 0 Å². The summed E-state index contributed by atoms with van der Waals surface area (Å²) in [5.41, 5.74) is 1.89. The predicted octanol–water partition coefficient (Wildman–Crippen LogP) is 3.16. The zero-order valence-corrected chi connectivity index (χ0v) is 15.6. The summed E-state index contributed by atoms with van der Waals surface area (Å²) in [6.45, 7) is 8.03. The SMILES string of the molecule is COc1cccc(CN2CCC[C@]3(CCN(C4CCOCC4)C3)C2)c1. The second-order valence-electron chi connectivity index (χ2n) is 8.23. The summed E-state index contributed by atoms with van der Waals surface area (Å²) in [6, 6.07) is 9.32. The molecule has 0 aromatic heterocycles. The average molecular weight is 344 g/mol. The number of rotatable bonds is 4. The van der Waals surface area contributed by atoms with Gasteiger partial charge in [0.15, 0.2) is 0 Å². The molecule has 138 valence electrons. The van der Waals surface area contributed by atoms with Crippen LogP contribution in [0.25, 0.3) is 0 Å². The van der Waals surface area contributed by atoms with Gasteiger partial charge in [0.1, 0.15) is 5.75 Å². The first kappa shape index (κ1) is 17.3. The van der Waals surface area contributed by atoms with Crippen molar-refractivity contribution >= 4 is 0 Å². The molecule has 1 aromatic carbocycles. The molecule has 0 saturated carbocycles. The summed E-state index contributed by atoms with van der Waals surface area (Å²) < 4.78 is 10.9. The molecule has 0 amide bonds. The fraction of sp³-hybridized carbons (Fsp3) is 0.714. The Morgan fingerprint density at radius 1 is 1.16 bits per heavy atom. The number of nitrogens with zero attached hydrogens (tertiary/aromatic N) is 2. The highest BCUT2D eigenvalue weighted by atomic mass is 16.5. The summed E-state index contributed by atoms with van der Waals surface area (Å²) >= 11 is 0. The Morgan fingerprint density at radius 3 is 2.88 bits per heavy atom. The lowest BCUT2D eigenvalue weighted by atomic mass is 9.79. The summed E-state index contributed by atoms with van der Waals surface area (Å²) in [6.07, 6.45) is 6.57. The third kappa shape index (κ3) is 4.02. The minimum absolute atomic E-state index is 0.523. The minimum atomic E-state index is 0.523. The lowest BCUT2D eigenvalue weighted by Crippen LogP contribution is -2.46. The van der Waals surface area contributed by atoms with E-state index in [1.807, 2.05) is 6.07 Å². The fourth-order valence-electron chi connectivity index (χ4n) is 5.14. The van der Waals surface area contributed by atoms with Gasteiger partial charge in [0.2, 0.25) is 0 Å². The molecule has 0 aliphatic carbocycles. The fourth-order valence-corrected chi connectivity index (χ4v) is 5.14. The van der Waals surface area contributed by atoms with Crippen LogP contribution in [0, 0.1) is 5.41 Å². The molecule has 0 unspecified atom stereocenters. The van der Waals surface area contributed by atoms with Gasteiger partial charge in [0.25, 0.3) is 0 Å². The Balaban J connectivity index is 1.37. The van der Waals surface area contributed by atoms with Gasteiger partial charge in [-0.05, 0) is 68.3 Å². The van der Waals surface area contributed by atoms with Gasteiger partial charge >= 0.3 is 0 Å². The number of hydrogen-bond acceptors (Lipinski definition) is 4. The number of methoxy groups -OCH3 is 1. The van der Waals surface area contributed by atoms with Crippen LogP contribution < -0.4 is 4.74 Å². The second kappa shape index (κ2) is 7.65. The van der Waals surface area contributed by atoms with Crippen molar-refractivity contribution in [1.29, 1.82) is 0 Å². The molecule has 1 aromatic rings. The first-order chi connectivity index (χ1) is 12.3. The number of hydrogen-bond donors (Lipinski definition) is 0. The van der Waals surface area contributed by atoms with Crippen molar-refractivity contribution in [2.75, 3.05) is 46.5 Å². The van der Waals surface area contributed by atoms with Crippen LogP contribution in [-0.4, -0.2) is 62.3 Å². The highest BCUT2D eigenvalue weighted by Crippen LogP contribution is 2.41. The first-order valence-electron chi connectivity index (χ1n) is 9.93. The molecule has 3 saturated heterocycles. The van der Waals surface area contributed by atoms with Crippen molar-refractivity contribution in [3.63, 3.8) is 0 Å². The van der Waals surface area contributed by atoms with Crippen LogP contribution in [0.1, 0.15) is 37.7 Å². The molecule has 0 N–H and O–H groups in total. The molecular weight excluding hydrogens is 312 g/mol. The number of benzene rings is 1. The van der Waals surface area contributed by atoms with Crippen LogP contribution in [0.4, 0.5) is 0 Å². The van der Waals surface area contributed by atoms with E-state index in [1.54, 1.807) is 7.11 Å². The molecule has 0 bridgehead atoms. The van der Waals surface area contributed by atoms with E-state index >= 15 is 0 Å². The van der Waals surface area contributed by atoms with Crippen molar-refractivity contribution in [2.45, 2.75) is 44.7 Å². The summed E-state index contributed by atoms with van der Waals surface area (Å²) in [4.78, 5) is 5.45. The maximum absolute atomic E-state index is 5.55. The Bertz CT molecular complexity index is 573. The van der Waals surface area contributed by atoms with Crippen LogP contribution in [0.15, 0.2) is 24.3 Å². The molecule has 3 fully saturated rings. The molecule has 4 nitrogen and oxygen atoms in total. The van der Waals surface area contributed by atoms with E-state index in [2.05, 4.69) is 28.0 Å². The lowest BCUT2D eigenvalue weighted by Gasteiger charge is -2.41. The topological polar surface area (TPSA) is 24.9 Å². The van der Waals surface area contributed by atoms with Crippen molar-refractivity contribution in [3.05, 3.63) is 29.8 Å². The zero-order chi connectivity index (χ0) is 17.1. The molecule has 4 heteroatoms. The smallest absolute Gasteiger partial charge is 0.119 e. The van der Waals surface area contributed by atoms with Gasteiger partial charge in [-0.2, -0.15) is 0 Å². The van der Waals surface area contributed by atoms with Crippen LogP contribution in [-0.2, 0) is 11.3 Å². The van der Waals surface area contributed by atoms with E-state index in [9.17, 15) is 0 Å². The first-order valence-corrected chi connectivity index (χ1v) is 9.93. The third-order valence-electron chi connectivity index (χ3n) is 6.46. The standard InChI is InChI=1S/C21H32N2O2/c1-24-20-5-2-4-18(14-20)15-22-10-3-8-21(16-22)9-11-23(17-21)19-6-12-25-13-7-19/h2,4-5,14,19H,3,6-13,15-17H2,1H3/t21-/m0/s1. The van der Waals surface area contributed by atoms with Crippen molar-refractivity contribution < 1.29 is 9.47 Å². The zero-order valence-electron chi connectivity index (χ0n) is 15.6. The molecular formula is C21H32N2O2. The van der Waals surface area contributed by atoms with Crippen molar-refractivity contribution in [2.24, 2.45) is 5.41 Å². The Kier molecular flexibility index (Phi) is 5.30. The quantitative estimate of drug-likeness (QED) is 0.838. The summed E-state index contributed by atoms with van der Waals surface area (Å²) in [7, 11) is 1.75. The molecule has 4 rings (SSSR count). The van der Waals surface area contributed by atoms with Crippen LogP contribution in [0.5, 0.6) is 5.75 Å². The van der Waals surface area contributed by atoms with Gasteiger partial charge in [-0.15, -0.1) is 0 Å². The van der Waals surface area contributed by atoms with Gasteiger partial charge in [-0.1, -0.05) is 12.1 Å².